The second kappa shape index (κ2) is 7.55. The van der Waals surface area contributed by atoms with Crippen molar-refractivity contribution in [1.82, 2.24) is 5.32 Å². The minimum atomic E-state index is 0.306. The van der Waals surface area contributed by atoms with Crippen molar-refractivity contribution in [2.75, 3.05) is 19.6 Å². The Morgan fingerprint density at radius 3 is 2.28 bits per heavy atom. The van der Waals surface area contributed by atoms with Crippen LogP contribution in [0.15, 0.2) is 24.3 Å². The predicted octanol–water partition coefficient (Wildman–Crippen LogP) is 2.76. The number of hydrogen-bond acceptors (Lipinski definition) is 2. The van der Waals surface area contributed by atoms with Crippen LogP contribution in [-0.4, -0.2) is 19.6 Å². The molecule has 0 amide bonds. The maximum Gasteiger partial charge on any atom is 0.000312 e. The molecule has 0 atom stereocenters. The van der Waals surface area contributed by atoms with E-state index in [1.54, 1.807) is 0 Å². The van der Waals surface area contributed by atoms with Crippen LogP contribution in [0.3, 0.4) is 0 Å². The summed E-state index contributed by atoms with van der Waals surface area (Å²) in [5, 5.41) is 3.53. The standard InChI is InChI=1S/C16H28N2/c1-4-14-5-7-15(8-6-14)9-12-18-13-16(2,3)10-11-17/h5-8,18H,4,9-13,17H2,1-3H3. The molecule has 0 saturated heterocycles. The first-order valence-electron chi connectivity index (χ1n) is 7.06. The Hall–Kier alpha value is -0.860. The van der Waals surface area contributed by atoms with Crippen molar-refractivity contribution in [3.63, 3.8) is 0 Å². The van der Waals surface area contributed by atoms with Gasteiger partial charge in [0.1, 0.15) is 0 Å². The average molecular weight is 248 g/mol. The van der Waals surface area contributed by atoms with Crippen molar-refractivity contribution in [2.24, 2.45) is 11.1 Å². The van der Waals surface area contributed by atoms with Crippen LogP contribution in [0.25, 0.3) is 0 Å². The highest BCUT2D eigenvalue weighted by molar-refractivity contribution is 5.22. The van der Waals surface area contributed by atoms with Gasteiger partial charge in [-0.3, -0.25) is 0 Å². The van der Waals surface area contributed by atoms with Crippen LogP contribution in [0.5, 0.6) is 0 Å². The Bertz CT molecular complexity index is 327. The molecule has 1 rings (SSSR count). The van der Waals surface area contributed by atoms with Gasteiger partial charge in [0.05, 0.1) is 0 Å². The maximum absolute atomic E-state index is 5.61. The van der Waals surface area contributed by atoms with Gasteiger partial charge in [0.15, 0.2) is 0 Å². The fourth-order valence-corrected chi connectivity index (χ4v) is 2.08. The van der Waals surface area contributed by atoms with E-state index in [0.29, 0.717) is 5.41 Å². The third kappa shape index (κ3) is 5.65. The molecule has 0 aromatic heterocycles. The second-order valence-electron chi connectivity index (χ2n) is 5.80. The summed E-state index contributed by atoms with van der Waals surface area (Å²) >= 11 is 0. The van der Waals surface area contributed by atoms with Gasteiger partial charge in [0, 0.05) is 6.54 Å². The Balaban J connectivity index is 2.25. The van der Waals surface area contributed by atoms with Crippen LogP contribution in [-0.2, 0) is 12.8 Å². The normalized spacial score (nSPS) is 11.8. The van der Waals surface area contributed by atoms with Gasteiger partial charge in [-0.25, -0.2) is 0 Å². The number of aryl methyl sites for hydroxylation is 1. The van der Waals surface area contributed by atoms with E-state index in [1.807, 2.05) is 0 Å². The second-order valence-corrected chi connectivity index (χ2v) is 5.80. The van der Waals surface area contributed by atoms with Crippen molar-refractivity contribution in [1.29, 1.82) is 0 Å². The first-order valence-corrected chi connectivity index (χ1v) is 7.06. The summed E-state index contributed by atoms with van der Waals surface area (Å²) in [7, 11) is 0. The molecule has 0 aliphatic rings. The number of benzene rings is 1. The van der Waals surface area contributed by atoms with E-state index in [-0.39, 0.29) is 0 Å². The van der Waals surface area contributed by atoms with Gasteiger partial charge < -0.3 is 11.1 Å². The van der Waals surface area contributed by atoms with Gasteiger partial charge in [-0.2, -0.15) is 0 Å². The third-order valence-electron chi connectivity index (χ3n) is 3.45. The smallest absolute Gasteiger partial charge is 0.000312 e. The summed E-state index contributed by atoms with van der Waals surface area (Å²) in [5.74, 6) is 0. The van der Waals surface area contributed by atoms with Crippen LogP contribution in [0, 0.1) is 5.41 Å². The van der Waals surface area contributed by atoms with Crippen LogP contribution < -0.4 is 11.1 Å². The van der Waals surface area contributed by atoms with Crippen LogP contribution in [0.1, 0.15) is 38.3 Å². The number of nitrogens with two attached hydrogens (primary N) is 1. The highest BCUT2D eigenvalue weighted by atomic mass is 14.9. The molecule has 18 heavy (non-hydrogen) atoms. The van der Waals surface area contributed by atoms with E-state index in [0.717, 1.165) is 38.9 Å². The highest BCUT2D eigenvalue weighted by Crippen LogP contribution is 2.17. The molecule has 0 aliphatic heterocycles. The van der Waals surface area contributed by atoms with E-state index in [4.69, 9.17) is 5.73 Å². The van der Waals surface area contributed by atoms with Gasteiger partial charge in [0.25, 0.3) is 0 Å². The first kappa shape index (κ1) is 15.2. The average Bonchev–Trinajstić information content (AvgIpc) is 2.35. The topological polar surface area (TPSA) is 38.0 Å². The fraction of sp³-hybridized carbons (Fsp3) is 0.625. The molecule has 0 radical (unpaired) electrons. The molecule has 3 N–H and O–H groups in total. The molecule has 0 fully saturated rings. The molecular formula is C16H28N2. The van der Waals surface area contributed by atoms with Crippen molar-refractivity contribution in [3.8, 4) is 0 Å². The van der Waals surface area contributed by atoms with Crippen LogP contribution in [0.2, 0.25) is 0 Å². The predicted molar refractivity (Wildman–Crippen MR) is 79.8 cm³/mol. The zero-order chi connectivity index (χ0) is 13.4. The van der Waals surface area contributed by atoms with E-state index in [2.05, 4.69) is 50.4 Å². The quantitative estimate of drug-likeness (QED) is 0.694. The van der Waals surface area contributed by atoms with Gasteiger partial charge in [0.2, 0.25) is 0 Å². The fourth-order valence-electron chi connectivity index (χ4n) is 2.08. The number of nitrogens with one attached hydrogen (secondary N) is 1. The van der Waals surface area contributed by atoms with Crippen molar-refractivity contribution >= 4 is 0 Å². The lowest BCUT2D eigenvalue weighted by molar-refractivity contribution is 0.321. The lowest BCUT2D eigenvalue weighted by Crippen LogP contribution is -2.32. The van der Waals surface area contributed by atoms with E-state index in [9.17, 15) is 0 Å². The van der Waals surface area contributed by atoms with Crippen LogP contribution in [0.4, 0.5) is 0 Å². The zero-order valence-electron chi connectivity index (χ0n) is 12.1. The number of hydrogen-bond donors (Lipinski definition) is 2. The summed E-state index contributed by atoms with van der Waals surface area (Å²) in [4.78, 5) is 0. The van der Waals surface area contributed by atoms with Crippen molar-refractivity contribution < 1.29 is 0 Å². The molecule has 1 aromatic rings. The third-order valence-corrected chi connectivity index (χ3v) is 3.45. The minimum absolute atomic E-state index is 0.306. The maximum atomic E-state index is 5.61. The molecule has 2 heteroatoms. The van der Waals surface area contributed by atoms with Crippen molar-refractivity contribution in [3.05, 3.63) is 35.4 Å². The molecule has 2 nitrogen and oxygen atoms in total. The Kier molecular flexibility index (Phi) is 6.37. The van der Waals surface area contributed by atoms with E-state index < -0.39 is 0 Å². The van der Waals surface area contributed by atoms with E-state index >= 15 is 0 Å². The largest absolute Gasteiger partial charge is 0.330 e. The molecule has 0 saturated carbocycles. The lowest BCUT2D eigenvalue weighted by atomic mass is 9.89. The minimum Gasteiger partial charge on any atom is -0.330 e. The molecule has 0 aliphatic carbocycles. The Morgan fingerprint density at radius 2 is 1.72 bits per heavy atom. The molecule has 102 valence electrons. The van der Waals surface area contributed by atoms with E-state index in [1.165, 1.54) is 11.1 Å². The summed E-state index contributed by atoms with van der Waals surface area (Å²) < 4.78 is 0. The van der Waals surface area contributed by atoms with Crippen molar-refractivity contribution in [2.45, 2.75) is 40.0 Å². The Morgan fingerprint density at radius 1 is 1.11 bits per heavy atom. The molecule has 0 bridgehead atoms. The highest BCUT2D eigenvalue weighted by Gasteiger charge is 2.15. The lowest BCUT2D eigenvalue weighted by Gasteiger charge is -2.24. The Labute approximate surface area is 112 Å². The zero-order valence-corrected chi connectivity index (χ0v) is 12.1. The van der Waals surface area contributed by atoms with Gasteiger partial charge in [-0.05, 0) is 48.9 Å². The first-order chi connectivity index (χ1) is 8.57. The summed E-state index contributed by atoms with van der Waals surface area (Å²) in [6.07, 6.45) is 3.29. The molecule has 0 unspecified atom stereocenters. The van der Waals surface area contributed by atoms with Gasteiger partial charge >= 0.3 is 0 Å². The molecule has 0 heterocycles. The monoisotopic (exact) mass is 248 g/mol. The number of rotatable bonds is 8. The molecular weight excluding hydrogens is 220 g/mol. The summed E-state index contributed by atoms with van der Waals surface area (Å²) in [6.45, 7) is 9.58. The summed E-state index contributed by atoms with van der Waals surface area (Å²) in [6, 6.07) is 8.94. The SMILES string of the molecule is CCc1ccc(CCNCC(C)(C)CCN)cc1. The van der Waals surface area contributed by atoms with Gasteiger partial charge in [-0.15, -0.1) is 0 Å². The van der Waals surface area contributed by atoms with Gasteiger partial charge in [-0.1, -0.05) is 45.0 Å². The van der Waals surface area contributed by atoms with Crippen LogP contribution >= 0.6 is 0 Å². The summed E-state index contributed by atoms with van der Waals surface area (Å²) in [5.41, 5.74) is 8.74. The molecule has 0 spiro atoms. The molecule has 1 aromatic carbocycles.